The molecule has 0 radical (unpaired) electrons. The van der Waals surface area contributed by atoms with Gasteiger partial charge in [0.25, 0.3) is 0 Å². The van der Waals surface area contributed by atoms with E-state index >= 15 is 0 Å². The van der Waals surface area contributed by atoms with Gasteiger partial charge in [-0.2, -0.15) is 0 Å². The summed E-state index contributed by atoms with van der Waals surface area (Å²) in [7, 11) is 0. The molecule has 1 aromatic rings. The van der Waals surface area contributed by atoms with E-state index in [0.717, 1.165) is 5.56 Å². The zero-order valence-electron chi connectivity index (χ0n) is 12.1. The fourth-order valence-corrected chi connectivity index (χ4v) is 2.31. The molecule has 1 fully saturated rings. The molecule has 0 spiro atoms. The Bertz CT molecular complexity index is 466. The summed E-state index contributed by atoms with van der Waals surface area (Å²) in [5, 5.41) is 22.5. The van der Waals surface area contributed by atoms with Crippen molar-refractivity contribution in [2.75, 3.05) is 0 Å². The standard InChI is InChI=1S/C15H21NO5/c1-9-13(18)14(19)12(16-10(2)17)15(21-9)20-8-11-6-4-3-5-7-11/h3-7,9,12-15,18-19H,8H2,1-2H3,(H,16,17)/t9-,12-,13-,14-,15+/m1/s1. The van der Waals surface area contributed by atoms with Crippen LogP contribution in [-0.2, 0) is 20.9 Å². The van der Waals surface area contributed by atoms with Crippen molar-refractivity contribution in [2.24, 2.45) is 0 Å². The molecule has 1 aromatic carbocycles. The van der Waals surface area contributed by atoms with Crippen LogP contribution in [0.4, 0.5) is 0 Å². The zero-order chi connectivity index (χ0) is 15.4. The predicted octanol–water partition coefficient (Wildman–Crippen LogP) is 0.174. The first kappa shape index (κ1) is 15.9. The largest absolute Gasteiger partial charge is 0.388 e. The molecule has 0 aromatic heterocycles. The second-order valence-electron chi connectivity index (χ2n) is 5.21. The molecular formula is C15H21NO5. The molecule has 6 nitrogen and oxygen atoms in total. The van der Waals surface area contributed by atoms with E-state index in [4.69, 9.17) is 9.47 Å². The fraction of sp³-hybridized carbons (Fsp3) is 0.533. The molecule has 0 saturated carbocycles. The van der Waals surface area contributed by atoms with Gasteiger partial charge < -0.3 is 25.0 Å². The van der Waals surface area contributed by atoms with E-state index in [1.165, 1.54) is 6.92 Å². The predicted molar refractivity (Wildman–Crippen MR) is 75.2 cm³/mol. The molecular weight excluding hydrogens is 274 g/mol. The van der Waals surface area contributed by atoms with Gasteiger partial charge in [0.1, 0.15) is 18.2 Å². The number of aliphatic hydroxyl groups is 2. The molecule has 0 unspecified atom stereocenters. The van der Waals surface area contributed by atoms with Gasteiger partial charge in [-0.3, -0.25) is 4.79 Å². The van der Waals surface area contributed by atoms with Gasteiger partial charge in [0.2, 0.25) is 5.91 Å². The normalized spacial score (nSPS) is 32.7. The number of aliphatic hydroxyl groups excluding tert-OH is 2. The summed E-state index contributed by atoms with van der Waals surface area (Å²) in [5.41, 5.74) is 0.955. The highest BCUT2D eigenvalue weighted by atomic mass is 16.7. The van der Waals surface area contributed by atoms with E-state index < -0.39 is 30.6 Å². The Hall–Kier alpha value is -1.47. The van der Waals surface area contributed by atoms with Gasteiger partial charge >= 0.3 is 0 Å². The number of benzene rings is 1. The van der Waals surface area contributed by atoms with Gasteiger partial charge in [0.05, 0.1) is 12.7 Å². The first-order valence-electron chi connectivity index (χ1n) is 6.93. The molecule has 21 heavy (non-hydrogen) atoms. The number of amides is 1. The summed E-state index contributed by atoms with van der Waals surface area (Å²) in [6, 6.07) is 8.70. The van der Waals surface area contributed by atoms with Crippen molar-refractivity contribution in [2.45, 2.75) is 51.1 Å². The SMILES string of the molecule is CC(=O)N[C@H]1[C@@H](OCc2ccccc2)O[C@H](C)[C@@H](O)[C@@H]1O. The third-order valence-electron chi connectivity index (χ3n) is 3.47. The first-order valence-corrected chi connectivity index (χ1v) is 6.93. The van der Waals surface area contributed by atoms with Crippen LogP contribution in [0.25, 0.3) is 0 Å². The maximum atomic E-state index is 11.3. The Morgan fingerprint density at radius 1 is 1.29 bits per heavy atom. The topological polar surface area (TPSA) is 88.0 Å². The summed E-state index contributed by atoms with van der Waals surface area (Å²) < 4.78 is 11.2. The van der Waals surface area contributed by atoms with Crippen molar-refractivity contribution >= 4 is 5.91 Å². The lowest BCUT2D eigenvalue weighted by atomic mass is 9.97. The van der Waals surface area contributed by atoms with Crippen molar-refractivity contribution in [1.29, 1.82) is 0 Å². The van der Waals surface area contributed by atoms with Gasteiger partial charge in [-0.15, -0.1) is 0 Å². The van der Waals surface area contributed by atoms with Crippen LogP contribution in [0.3, 0.4) is 0 Å². The lowest BCUT2D eigenvalue weighted by Gasteiger charge is -2.41. The second kappa shape index (κ2) is 7.00. The molecule has 1 saturated heterocycles. The van der Waals surface area contributed by atoms with E-state index in [9.17, 15) is 15.0 Å². The van der Waals surface area contributed by atoms with Crippen LogP contribution in [0, 0.1) is 0 Å². The van der Waals surface area contributed by atoms with Crippen LogP contribution >= 0.6 is 0 Å². The third-order valence-corrected chi connectivity index (χ3v) is 3.47. The van der Waals surface area contributed by atoms with Crippen LogP contribution in [0.1, 0.15) is 19.4 Å². The smallest absolute Gasteiger partial charge is 0.217 e. The highest BCUT2D eigenvalue weighted by Gasteiger charge is 2.43. The van der Waals surface area contributed by atoms with Gasteiger partial charge in [-0.1, -0.05) is 30.3 Å². The molecule has 1 aliphatic rings. The Morgan fingerprint density at radius 2 is 1.95 bits per heavy atom. The molecule has 2 rings (SSSR count). The Balaban J connectivity index is 2.04. The van der Waals surface area contributed by atoms with Crippen LogP contribution in [0.15, 0.2) is 30.3 Å². The number of ether oxygens (including phenoxy) is 2. The molecule has 1 aliphatic heterocycles. The van der Waals surface area contributed by atoms with Gasteiger partial charge in [-0.05, 0) is 12.5 Å². The summed E-state index contributed by atoms with van der Waals surface area (Å²) in [6.45, 7) is 3.28. The monoisotopic (exact) mass is 295 g/mol. The molecule has 0 aliphatic carbocycles. The number of carbonyl (C=O) groups is 1. The molecule has 1 amide bonds. The van der Waals surface area contributed by atoms with E-state index in [0.29, 0.717) is 0 Å². The van der Waals surface area contributed by atoms with Crippen molar-refractivity contribution in [1.82, 2.24) is 5.32 Å². The summed E-state index contributed by atoms with van der Waals surface area (Å²) in [6.07, 6.45) is -3.61. The van der Waals surface area contributed by atoms with Crippen LogP contribution in [0.5, 0.6) is 0 Å². The Kier molecular flexibility index (Phi) is 5.30. The Labute approximate surface area is 123 Å². The number of nitrogens with one attached hydrogen (secondary N) is 1. The zero-order valence-corrected chi connectivity index (χ0v) is 12.1. The number of carbonyl (C=O) groups excluding carboxylic acids is 1. The molecule has 0 bridgehead atoms. The van der Waals surface area contributed by atoms with E-state index in [-0.39, 0.29) is 12.5 Å². The lowest BCUT2D eigenvalue weighted by molar-refractivity contribution is -0.263. The maximum Gasteiger partial charge on any atom is 0.217 e. The lowest BCUT2D eigenvalue weighted by Crippen LogP contribution is -2.63. The second-order valence-corrected chi connectivity index (χ2v) is 5.21. The van der Waals surface area contributed by atoms with Crippen molar-refractivity contribution in [3.63, 3.8) is 0 Å². The van der Waals surface area contributed by atoms with Gasteiger partial charge in [-0.25, -0.2) is 0 Å². The minimum atomic E-state index is -1.14. The van der Waals surface area contributed by atoms with Crippen molar-refractivity contribution in [3.8, 4) is 0 Å². The molecule has 3 N–H and O–H groups in total. The van der Waals surface area contributed by atoms with Gasteiger partial charge in [0, 0.05) is 6.92 Å². The maximum absolute atomic E-state index is 11.3. The van der Waals surface area contributed by atoms with Crippen molar-refractivity contribution < 1.29 is 24.5 Å². The molecule has 1 heterocycles. The fourth-order valence-electron chi connectivity index (χ4n) is 2.31. The number of hydrogen-bond donors (Lipinski definition) is 3. The highest BCUT2D eigenvalue weighted by Crippen LogP contribution is 2.22. The summed E-state index contributed by atoms with van der Waals surface area (Å²) in [4.78, 5) is 11.3. The van der Waals surface area contributed by atoms with Crippen LogP contribution in [0.2, 0.25) is 0 Å². The van der Waals surface area contributed by atoms with E-state index in [1.807, 2.05) is 30.3 Å². The van der Waals surface area contributed by atoms with Crippen LogP contribution < -0.4 is 5.32 Å². The van der Waals surface area contributed by atoms with Gasteiger partial charge in [0.15, 0.2) is 6.29 Å². The first-order chi connectivity index (χ1) is 9.99. The molecule has 116 valence electrons. The quantitative estimate of drug-likeness (QED) is 0.737. The number of hydrogen-bond acceptors (Lipinski definition) is 5. The number of rotatable bonds is 4. The van der Waals surface area contributed by atoms with E-state index in [2.05, 4.69) is 5.32 Å². The Morgan fingerprint density at radius 3 is 2.57 bits per heavy atom. The highest BCUT2D eigenvalue weighted by molar-refractivity contribution is 5.73. The summed E-state index contributed by atoms with van der Waals surface area (Å²) >= 11 is 0. The average Bonchev–Trinajstić information content (AvgIpc) is 2.47. The van der Waals surface area contributed by atoms with Crippen molar-refractivity contribution in [3.05, 3.63) is 35.9 Å². The van der Waals surface area contributed by atoms with Crippen LogP contribution in [-0.4, -0.2) is 46.8 Å². The molecule has 5 atom stereocenters. The third kappa shape index (κ3) is 4.01. The summed E-state index contributed by atoms with van der Waals surface area (Å²) in [5.74, 6) is -0.322. The average molecular weight is 295 g/mol. The molecule has 6 heteroatoms. The van der Waals surface area contributed by atoms with E-state index in [1.54, 1.807) is 6.92 Å². The minimum absolute atomic E-state index is 0.289. The minimum Gasteiger partial charge on any atom is -0.388 e.